The van der Waals surface area contributed by atoms with Crippen molar-refractivity contribution < 1.29 is 14.6 Å². The third-order valence-electron chi connectivity index (χ3n) is 3.79. The fraction of sp³-hybridized carbons (Fsp3) is 0.562. The van der Waals surface area contributed by atoms with Crippen molar-refractivity contribution in [2.24, 2.45) is 5.92 Å². The number of rotatable bonds is 7. The summed E-state index contributed by atoms with van der Waals surface area (Å²) in [5.41, 5.74) is 0.0386. The average Bonchev–Trinajstić information content (AvgIpc) is 2.48. The Hall–Kier alpha value is -1.73. The van der Waals surface area contributed by atoms with E-state index in [-0.39, 0.29) is 12.5 Å². The molecule has 0 saturated carbocycles. The van der Waals surface area contributed by atoms with Crippen LogP contribution in [-0.2, 0) is 5.41 Å². The highest BCUT2D eigenvalue weighted by atomic mass is 16.5. The maximum Gasteiger partial charge on any atom is 0.127 e. The number of benzene rings is 1. The van der Waals surface area contributed by atoms with Crippen LogP contribution in [0.1, 0.15) is 32.3 Å². The average molecular weight is 277 g/mol. The third-order valence-corrected chi connectivity index (χ3v) is 3.79. The molecule has 1 unspecified atom stereocenters. The van der Waals surface area contributed by atoms with Crippen LogP contribution in [-0.4, -0.2) is 25.9 Å². The van der Waals surface area contributed by atoms with Crippen molar-refractivity contribution in [3.63, 3.8) is 0 Å². The quantitative estimate of drug-likeness (QED) is 0.832. The molecule has 1 atom stereocenters. The molecule has 0 radical (unpaired) electrons. The van der Waals surface area contributed by atoms with E-state index in [1.807, 2.05) is 32.0 Å². The van der Waals surface area contributed by atoms with Gasteiger partial charge in [0.25, 0.3) is 0 Å². The van der Waals surface area contributed by atoms with Crippen LogP contribution in [0.3, 0.4) is 0 Å². The first-order valence-corrected chi connectivity index (χ1v) is 6.81. The van der Waals surface area contributed by atoms with Crippen molar-refractivity contribution in [1.82, 2.24) is 0 Å². The van der Waals surface area contributed by atoms with Gasteiger partial charge in [0.15, 0.2) is 0 Å². The Morgan fingerprint density at radius 3 is 2.15 bits per heavy atom. The van der Waals surface area contributed by atoms with E-state index in [4.69, 9.17) is 14.6 Å². The van der Waals surface area contributed by atoms with E-state index in [0.717, 1.165) is 5.56 Å². The summed E-state index contributed by atoms with van der Waals surface area (Å²) in [6.45, 7) is 4.08. The zero-order chi connectivity index (χ0) is 15.2. The Labute approximate surface area is 120 Å². The van der Waals surface area contributed by atoms with E-state index in [0.29, 0.717) is 24.3 Å². The lowest BCUT2D eigenvalue weighted by atomic mass is 9.69. The summed E-state index contributed by atoms with van der Waals surface area (Å²) < 4.78 is 10.9. The van der Waals surface area contributed by atoms with Gasteiger partial charge in [0, 0.05) is 6.61 Å². The summed E-state index contributed by atoms with van der Waals surface area (Å²) in [4.78, 5) is 0. The minimum Gasteiger partial charge on any atom is -0.496 e. The molecule has 0 amide bonds. The zero-order valence-corrected chi connectivity index (χ0v) is 12.6. The Kier molecular flexibility index (Phi) is 5.84. The van der Waals surface area contributed by atoms with Crippen molar-refractivity contribution in [2.45, 2.75) is 32.1 Å². The first-order chi connectivity index (χ1) is 9.57. The fourth-order valence-corrected chi connectivity index (χ4v) is 2.59. The van der Waals surface area contributed by atoms with Crippen LogP contribution in [0.2, 0.25) is 0 Å². The minimum absolute atomic E-state index is 0.0631. The number of aliphatic hydroxyl groups is 1. The molecule has 1 aromatic rings. The molecule has 0 saturated heterocycles. The number of hydrogen-bond acceptors (Lipinski definition) is 4. The summed E-state index contributed by atoms with van der Waals surface area (Å²) in [5, 5.41) is 19.0. The normalized spacial score (nSPS) is 13.7. The summed E-state index contributed by atoms with van der Waals surface area (Å²) in [6, 6.07) is 7.96. The largest absolute Gasteiger partial charge is 0.496 e. The molecule has 0 aliphatic heterocycles. The predicted octanol–water partition coefficient (Wildman–Crippen LogP) is 2.89. The van der Waals surface area contributed by atoms with Crippen molar-refractivity contribution in [3.8, 4) is 17.6 Å². The van der Waals surface area contributed by atoms with E-state index < -0.39 is 5.41 Å². The molecule has 110 valence electrons. The monoisotopic (exact) mass is 277 g/mol. The predicted molar refractivity (Wildman–Crippen MR) is 78.0 cm³/mol. The van der Waals surface area contributed by atoms with Gasteiger partial charge in [0.2, 0.25) is 0 Å². The highest BCUT2D eigenvalue weighted by Gasteiger charge is 2.40. The van der Waals surface area contributed by atoms with Crippen LogP contribution >= 0.6 is 0 Å². The summed E-state index contributed by atoms with van der Waals surface area (Å²) >= 11 is 0. The van der Waals surface area contributed by atoms with Crippen LogP contribution < -0.4 is 9.47 Å². The molecule has 0 aromatic heterocycles. The Morgan fingerprint density at radius 2 is 1.80 bits per heavy atom. The molecule has 1 N–H and O–H groups in total. The molecule has 4 nitrogen and oxygen atoms in total. The van der Waals surface area contributed by atoms with Gasteiger partial charge in [0.1, 0.15) is 11.5 Å². The first-order valence-electron chi connectivity index (χ1n) is 6.81. The van der Waals surface area contributed by atoms with E-state index in [1.54, 1.807) is 14.2 Å². The number of hydrogen-bond donors (Lipinski definition) is 1. The SMILES string of the molecule is COc1cccc(OC)c1C(C#N)(CCCO)C(C)C. The van der Waals surface area contributed by atoms with Gasteiger partial charge in [-0.3, -0.25) is 0 Å². The summed E-state index contributed by atoms with van der Waals surface area (Å²) in [5.74, 6) is 1.37. The topological polar surface area (TPSA) is 62.5 Å². The second-order valence-corrected chi connectivity index (χ2v) is 5.10. The highest BCUT2D eigenvalue weighted by Crippen LogP contribution is 2.45. The second kappa shape index (κ2) is 7.16. The van der Waals surface area contributed by atoms with Crippen LogP contribution in [0.4, 0.5) is 0 Å². The Morgan fingerprint density at radius 1 is 1.25 bits per heavy atom. The van der Waals surface area contributed by atoms with Gasteiger partial charge in [-0.15, -0.1) is 0 Å². The maximum absolute atomic E-state index is 9.82. The lowest BCUT2D eigenvalue weighted by Gasteiger charge is -2.33. The maximum atomic E-state index is 9.82. The van der Waals surface area contributed by atoms with Crippen LogP contribution in [0, 0.1) is 17.2 Å². The third kappa shape index (κ3) is 2.88. The van der Waals surface area contributed by atoms with E-state index in [9.17, 15) is 5.26 Å². The lowest BCUT2D eigenvalue weighted by Crippen LogP contribution is -2.32. The molecule has 0 heterocycles. The van der Waals surface area contributed by atoms with Gasteiger partial charge < -0.3 is 14.6 Å². The van der Waals surface area contributed by atoms with E-state index in [1.165, 1.54) is 0 Å². The lowest BCUT2D eigenvalue weighted by molar-refractivity contribution is 0.250. The molecule has 0 fully saturated rings. The van der Waals surface area contributed by atoms with Gasteiger partial charge in [-0.25, -0.2) is 0 Å². The molecule has 4 heteroatoms. The van der Waals surface area contributed by atoms with Crippen molar-refractivity contribution >= 4 is 0 Å². The molecule has 0 bridgehead atoms. The number of nitriles is 1. The number of aliphatic hydroxyl groups excluding tert-OH is 1. The van der Waals surface area contributed by atoms with Gasteiger partial charge in [-0.05, 0) is 30.9 Å². The number of ether oxygens (including phenoxy) is 2. The molecule has 1 aromatic carbocycles. The second-order valence-electron chi connectivity index (χ2n) is 5.10. The molecule has 20 heavy (non-hydrogen) atoms. The number of methoxy groups -OCH3 is 2. The van der Waals surface area contributed by atoms with Gasteiger partial charge >= 0.3 is 0 Å². The van der Waals surface area contributed by atoms with Crippen LogP contribution in [0.15, 0.2) is 18.2 Å². The van der Waals surface area contributed by atoms with E-state index in [2.05, 4.69) is 6.07 Å². The number of nitrogens with zero attached hydrogens (tertiary/aromatic N) is 1. The molecule has 0 spiro atoms. The van der Waals surface area contributed by atoms with Crippen LogP contribution in [0.25, 0.3) is 0 Å². The van der Waals surface area contributed by atoms with Gasteiger partial charge in [-0.1, -0.05) is 19.9 Å². The van der Waals surface area contributed by atoms with Crippen molar-refractivity contribution in [1.29, 1.82) is 5.26 Å². The highest BCUT2D eigenvalue weighted by molar-refractivity contribution is 5.53. The molecule has 0 aliphatic carbocycles. The molecule has 0 aliphatic rings. The minimum atomic E-state index is -0.735. The smallest absolute Gasteiger partial charge is 0.127 e. The van der Waals surface area contributed by atoms with Gasteiger partial charge in [0.05, 0.1) is 31.3 Å². The molecule has 1 rings (SSSR count). The Bertz CT molecular complexity index is 457. The van der Waals surface area contributed by atoms with Crippen LogP contribution in [0.5, 0.6) is 11.5 Å². The standard InChI is InChI=1S/C16H23NO3/c1-12(2)16(11-17,9-6-10-18)15-13(19-3)7-5-8-14(15)20-4/h5,7-8,12,18H,6,9-10H2,1-4H3. The van der Waals surface area contributed by atoms with Crippen molar-refractivity contribution in [3.05, 3.63) is 23.8 Å². The zero-order valence-electron chi connectivity index (χ0n) is 12.6. The summed E-state index contributed by atoms with van der Waals surface area (Å²) in [6.07, 6.45) is 1.13. The molecular formula is C16H23NO3. The first kappa shape index (κ1) is 16.3. The summed E-state index contributed by atoms with van der Waals surface area (Å²) in [7, 11) is 3.18. The molecular weight excluding hydrogens is 254 g/mol. The van der Waals surface area contributed by atoms with Gasteiger partial charge in [-0.2, -0.15) is 5.26 Å². The van der Waals surface area contributed by atoms with Crippen molar-refractivity contribution in [2.75, 3.05) is 20.8 Å². The fourth-order valence-electron chi connectivity index (χ4n) is 2.59. The van der Waals surface area contributed by atoms with E-state index >= 15 is 0 Å². The Balaban J connectivity index is 3.51.